The highest BCUT2D eigenvalue weighted by Gasteiger charge is 2.27. The first-order valence-electron chi connectivity index (χ1n) is 16.0. The van der Waals surface area contributed by atoms with Crippen molar-refractivity contribution in [3.05, 3.63) is 95.1 Å². The average molecular weight is 777 g/mol. The van der Waals surface area contributed by atoms with Crippen LogP contribution in [-0.4, -0.2) is 61.4 Å². The number of nitrogens with one attached hydrogen (secondary N) is 2. The number of aryl methyl sites for hydroxylation is 4. The molecule has 0 fully saturated rings. The standard InChI is InChI=1S/C36H36N6O10S2/c1-19-7-13-29(21(3)15-19)37-35(45)33(23(5)43)41-39-25-9-11-27(31(17-25)53(47,48)49)28-12-10-26(18-32(28)54(50,51)52)40-42-34(24(6)44)36(46)38-30-14-8-20(2)16-22(30)4/h7-18,33-34H,1-6H3,(H,37,45)(H,38,46)(H,47,48,49)(H,50,51,52). The molecule has 0 heterocycles. The first-order valence-corrected chi connectivity index (χ1v) is 18.9. The molecule has 16 nitrogen and oxygen atoms in total. The molecular formula is C36H36N6O10S2. The molecule has 4 N–H and O–H groups in total. The number of hydrogen-bond acceptors (Lipinski definition) is 12. The Morgan fingerprint density at radius 3 is 1.20 bits per heavy atom. The Labute approximate surface area is 311 Å². The zero-order valence-corrected chi connectivity index (χ0v) is 31.5. The number of hydrogen-bond donors (Lipinski definition) is 4. The summed E-state index contributed by atoms with van der Waals surface area (Å²) in [6, 6.07) is 13.3. The molecule has 4 rings (SSSR count). The normalized spacial score (nSPS) is 13.1. The number of nitrogens with zero attached hydrogens (tertiary/aromatic N) is 4. The molecule has 0 aliphatic heterocycles. The molecule has 2 amide bonds. The van der Waals surface area contributed by atoms with Crippen molar-refractivity contribution in [2.24, 2.45) is 20.5 Å². The molecule has 2 atom stereocenters. The molecule has 4 aromatic rings. The van der Waals surface area contributed by atoms with Crippen molar-refractivity contribution in [3.8, 4) is 11.1 Å². The maximum absolute atomic E-state index is 12.9. The van der Waals surface area contributed by atoms with Gasteiger partial charge >= 0.3 is 0 Å². The number of rotatable bonds is 13. The Morgan fingerprint density at radius 1 is 0.556 bits per heavy atom. The van der Waals surface area contributed by atoms with Crippen molar-refractivity contribution in [1.29, 1.82) is 0 Å². The molecule has 2 unspecified atom stereocenters. The molecule has 0 aliphatic carbocycles. The van der Waals surface area contributed by atoms with Gasteiger partial charge in [0.1, 0.15) is 9.79 Å². The van der Waals surface area contributed by atoms with Gasteiger partial charge < -0.3 is 10.6 Å². The van der Waals surface area contributed by atoms with Crippen LogP contribution >= 0.6 is 0 Å². The quantitative estimate of drug-likeness (QED) is 0.0657. The average Bonchev–Trinajstić information content (AvgIpc) is 3.06. The molecule has 0 bridgehead atoms. The number of benzene rings is 4. The van der Waals surface area contributed by atoms with Crippen LogP contribution in [0.4, 0.5) is 22.7 Å². The molecule has 0 aromatic heterocycles. The van der Waals surface area contributed by atoms with E-state index in [2.05, 4.69) is 31.1 Å². The van der Waals surface area contributed by atoms with Crippen LogP contribution in [0.3, 0.4) is 0 Å². The summed E-state index contributed by atoms with van der Waals surface area (Å²) >= 11 is 0. The fourth-order valence-electron chi connectivity index (χ4n) is 5.21. The summed E-state index contributed by atoms with van der Waals surface area (Å²) in [6.07, 6.45) is 0. The van der Waals surface area contributed by atoms with Gasteiger partial charge in [-0.3, -0.25) is 28.3 Å². The van der Waals surface area contributed by atoms with E-state index < -0.39 is 76.6 Å². The van der Waals surface area contributed by atoms with E-state index in [4.69, 9.17) is 0 Å². The van der Waals surface area contributed by atoms with E-state index in [0.717, 1.165) is 60.4 Å². The molecule has 0 spiro atoms. The van der Waals surface area contributed by atoms with E-state index >= 15 is 0 Å². The molecule has 0 saturated heterocycles. The number of carbonyl (C=O) groups is 4. The summed E-state index contributed by atoms with van der Waals surface area (Å²) in [7, 11) is -10.2. The third-order valence-electron chi connectivity index (χ3n) is 7.90. The Morgan fingerprint density at radius 2 is 0.907 bits per heavy atom. The number of azo groups is 2. The van der Waals surface area contributed by atoms with Crippen LogP contribution in [0.2, 0.25) is 0 Å². The molecule has 54 heavy (non-hydrogen) atoms. The minimum Gasteiger partial charge on any atom is -0.324 e. The molecule has 18 heteroatoms. The van der Waals surface area contributed by atoms with Crippen LogP contribution in [0.25, 0.3) is 11.1 Å². The molecule has 282 valence electrons. The van der Waals surface area contributed by atoms with Gasteiger partial charge in [-0.15, -0.1) is 0 Å². The molecule has 0 radical (unpaired) electrons. The van der Waals surface area contributed by atoms with E-state index in [9.17, 15) is 45.1 Å². The van der Waals surface area contributed by atoms with Crippen molar-refractivity contribution < 1.29 is 45.1 Å². The van der Waals surface area contributed by atoms with Crippen molar-refractivity contribution in [2.75, 3.05) is 10.6 Å². The summed E-state index contributed by atoms with van der Waals surface area (Å²) < 4.78 is 70.4. The maximum atomic E-state index is 12.9. The van der Waals surface area contributed by atoms with Crippen molar-refractivity contribution >= 4 is 66.4 Å². The molecular weight excluding hydrogens is 741 g/mol. The molecule has 4 aromatic carbocycles. The topological polar surface area (TPSA) is 251 Å². The van der Waals surface area contributed by atoms with Gasteiger partial charge in [-0.05, 0) is 89.1 Å². The highest BCUT2D eigenvalue weighted by Crippen LogP contribution is 2.37. The molecule has 0 saturated carbocycles. The monoisotopic (exact) mass is 776 g/mol. The lowest BCUT2D eigenvalue weighted by molar-refractivity contribution is -0.127. The number of Topliss-reactive ketones (excluding diaryl/α,β-unsaturated/α-hetero) is 2. The predicted octanol–water partition coefficient (Wildman–Crippen LogP) is 6.44. The summed E-state index contributed by atoms with van der Waals surface area (Å²) in [5, 5.41) is 20.5. The van der Waals surface area contributed by atoms with E-state index in [1.165, 1.54) is 12.1 Å². The zero-order chi connectivity index (χ0) is 40.1. The Hall–Kier alpha value is -5.82. The summed E-state index contributed by atoms with van der Waals surface area (Å²) in [5.74, 6) is -2.98. The van der Waals surface area contributed by atoms with Gasteiger partial charge in [0.2, 0.25) is 12.1 Å². The predicted molar refractivity (Wildman–Crippen MR) is 199 cm³/mol. The first kappa shape index (κ1) is 40.9. The highest BCUT2D eigenvalue weighted by atomic mass is 32.2. The van der Waals surface area contributed by atoms with Crippen molar-refractivity contribution in [3.63, 3.8) is 0 Å². The van der Waals surface area contributed by atoms with Crippen LogP contribution in [0.5, 0.6) is 0 Å². The Kier molecular flexibility index (Phi) is 12.5. The molecule has 0 aliphatic rings. The Balaban J connectivity index is 1.68. The van der Waals surface area contributed by atoms with Gasteiger partial charge in [0.15, 0.2) is 11.6 Å². The third kappa shape index (κ3) is 10.2. The SMILES string of the molecule is CC(=O)C(N=Nc1ccc(-c2ccc(N=NC(C(C)=O)C(=O)Nc3ccc(C)cc3C)cc2S(=O)(=O)O)c(S(=O)(=O)O)c1)C(=O)Nc1ccc(C)cc1C. The largest absolute Gasteiger partial charge is 0.324 e. The lowest BCUT2D eigenvalue weighted by Gasteiger charge is -2.13. The van der Waals surface area contributed by atoms with Crippen LogP contribution in [0.1, 0.15) is 36.1 Å². The van der Waals surface area contributed by atoms with E-state index in [0.29, 0.717) is 11.4 Å². The second-order valence-corrected chi connectivity index (χ2v) is 15.2. The zero-order valence-electron chi connectivity index (χ0n) is 29.8. The van der Waals surface area contributed by atoms with Gasteiger partial charge in [-0.2, -0.15) is 37.3 Å². The maximum Gasteiger partial charge on any atom is 0.295 e. The van der Waals surface area contributed by atoms with E-state index in [1.807, 2.05) is 26.0 Å². The highest BCUT2D eigenvalue weighted by molar-refractivity contribution is 7.86. The van der Waals surface area contributed by atoms with E-state index in [1.54, 1.807) is 38.1 Å². The van der Waals surface area contributed by atoms with Crippen LogP contribution in [-0.2, 0) is 39.4 Å². The summed E-state index contributed by atoms with van der Waals surface area (Å²) in [4.78, 5) is 48.8. The lowest BCUT2D eigenvalue weighted by Crippen LogP contribution is -2.32. The van der Waals surface area contributed by atoms with Crippen molar-refractivity contribution in [2.45, 2.75) is 63.4 Å². The van der Waals surface area contributed by atoms with Crippen molar-refractivity contribution in [1.82, 2.24) is 0 Å². The first-order chi connectivity index (χ1) is 25.1. The van der Waals surface area contributed by atoms with Gasteiger partial charge in [0, 0.05) is 22.5 Å². The van der Waals surface area contributed by atoms with Crippen LogP contribution in [0, 0.1) is 27.7 Å². The third-order valence-corrected chi connectivity index (χ3v) is 9.69. The number of amides is 2. The van der Waals surface area contributed by atoms with Crippen LogP contribution in [0.15, 0.2) is 103 Å². The second-order valence-electron chi connectivity index (χ2n) is 12.4. The smallest absolute Gasteiger partial charge is 0.295 e. The minimum absolute atomic E-state index is 0.245. The van der Waals surface area contributed by atoms with Crippen LogP contribution < -0.4 is 10.6 Å². The van der Waals surface area contributed by atoms with Gasteiger partial charge in [-0.25, -0.2) is 0 Å². The minimum atomic E-state index is -5.12. The fourth-order valence-corrected chi connectivity index (χ4v) is 6.66. The second kappa shape index (κ2) is 16.5. The summed E-state index contributed by atoms with van der Waals surface area (Å²) in [5.41, 5.74) is 2.93. The number of ketones is 2. The summed E-state index contributed by atoms with van der Waals surface area (Å²) in [6.45, 7) is 9.48. The number of anilines is 2. The van der Waals surface area contributed by atoms with Gasteiger partial charge in [-0.1, -0.05) is 47.5 Å². The fraction of sp³-hybridized carbons (Fsp3) is 0.222. The Bertz CT molecular complexity index is 2290. The lowest BCUT2D eigenvalue weighted by atomic mass is 10.0. The van der Waals surface area contributed by atoms with Gasteiger partial charge in [0.05, 0.1) is 11.4 Å². The number of carbonyl (C=O) groups excluding carboxylic acids is 4. The van der Waals surface area contributed by atoms with Gasteiger partial charge in [0.25, 0.3) is 32.1 Å². The van der Waals surface area contributed by atoms with E-state index in [-0.39, 0.29) is 11.4 Å².